The molecule has 3 rings (SSSR count). The van der Waals surface area contributed by atoms with Crippen LogP contribution in [-0.4, -0.2) is 34.3 Å². The molecular weight excluding hydrogens is 331 g/mol. The molecule has 0 saturated heterocycles. The maximum atomic E-state index is 14.0. The van der Waals surface area contributed by atoms with Crippen molar-refractivity contribution in [2.24, 2.45) is 0 Å². The number of pyridine rings is 1. The number of nitrogens with zero attached hydrogens (tertiary/aromatic N) is 1. The highest BCUT2D eigenvalue weighted by Crippen LogP contribution is 2.36. The van der Waals surface area contributed by atoms with Crippen molar-refractivity contribution in [3.8, 4) is 0 Å². The van der Waals surface area contributed by atoms with Crippen molar-refractivity contribution in [3.63, 3.8) is 0 Å². The number of carbonyl (C=O) groups is 1. The van der Waals surface area contributed by atoms with E-state index in [2.05, 4.69) is 10.3 Å². The first-order chi connectivity index (χ1) is 12.4. The van der Waals surface area contributed by atoms with Gasteiger partial charge in [-0.1, -0.05) is 24.3 Å². The van der Waals surface area contributed by atoms with E-state index >= 15 is 0 Å². The summed E-state index contributed by atoms with van der Waals surface area (Å²) in [7, 11) is 0. The zero-order valence-corrected chi connectivity index (χ0v) is 15.3. The minimum atomic E-state index is -1.13. The Hall–Kier alpha value is -2.27. The van der Waals surface area contributed by atoms with Crippen molar-refractivity contribution < 1.29 is 14.3 Å². The van der Waals surface area contributed by atoms with Gasteiger partial charge in [-0.25, -0.2) is 4.39 Å². The molecule has 1 heterocycles. The monoisotopic (exact) mass is 356 g/mol. The number of alkyl halides is 1. The number of hydrogen-bond donors (Lipinski definition) is 2. The minimum Gasteiger partial charge on any atom is -0.393 e. The summed E-state index contributed by atoms with van der Waals surface area (Å²) in [4.78, 5) is 16.8. The molecule has 2 atom stereocenters. The lowest BCUT2D eigenvalue weighted by Gasteiger charge is -2.25. The molecule has 0 radical (unpaired) electrons. The fourth-order valence-corrected chi connectivity index (χ4v) is 3.22. The lowest BCUT2D eigenvalue weighted by Crippen LogP contribution is -2.26. The van der Waals surface area contributed by atoms with Crippen molar-refractivity contribution in [1.82, 2.24) is 10.3 Å². The average molecular weight is 356 g/mol. The molecule has 0 saturated carbocycles. The van der Waals surface area contributed by atoms with Gasteiger partial charge < -0.3 is 10.4 Å². The van der Waals surface area contributed by atoms with Crippen LogP contribution in [0.15, 0.2) is 36.5 Å². The highest BCUT2D eigenvalue weighted by molar-refractivity contribution is 5.99. The van der Waals surface area contributed by atoms with Gasteiger partial charge in [0.1, 0.15) is 5.67 Å². The molecule has 0 aliphatic heterocycles. The van der Waals surface area contributed by atoms with Gasteiger partial charge in [0.15, 0.2) is 0 Å². The third-order valence-corrected chi connectivity index (χ3v) is 4.86. The smallest absolute Gasteiger partial charge is 0.252 e. The van der Waals surface area contributed by atoms with E-state index in [0.717, 1.165) is 22.0 Å². The van der Waals surface area contributed by atoms with Crippen molar-refractivity contribution >= 4 is 22.4 Å². The number of aromatic nitrogens is 1. The van der Waals surface area contributed by atoms with Crippen LogP contribution in [0.5, 0.6) is 0 Å². The van der Waals surface area contributed by atoms with Gasteiger partial charge in [-0.15, -0.1) is 0 Å². The van der Waals surface area contributed by atoms with Crippen LogP contribution in [0.4, 0.5) is 4.39 Å². The molecule has 1 aliphatic carbocycles. The number of aliphatic hydroxyl groups is 1. The number of rotatable bonds is 5. The molecule has 138 valence electrons. The lowest BCUT2D eigenvalue weighted by atomic mass is 9.85. The summed E-state index contributed by atoms with van der Waals surface area (Å²) in [5, 5.41) is 13.0. The molecule has 5 heteroatoms. The number of halogens is 1. The number of hydrogen-bond acceptors (Lipinski definition) is 3. The van der Waals surface area contributed by atoms with Crippen LogP contribution in [0.1, 0.15) is 55.5 Å². The summed E-state index contributed by atoms with van der Waals surface area (Å²) >= 11 is 0. The lowest BCUT2D eigenvalue weighted by molar-refractivity contribution is 0.0945. The van der Waals surface area contributed by atoms with E-state index in [1.165, 1.54) is 0 Å². The first-order valence-electron chi connectivity index (χ1n) is 9.09. The first kappa shape index (κ1) is 18.5. The van der Waals surface area contributed by atoms with Crippen LogP contribution in [0.2, 0.25) is 0 Å². The predicted octanol–water partition coefficient (Wildman–Crippen LogP) is 4.03. The molecule has 0 spiro atoms. The predicted molar refractivity (Wildman–Crippen MR) is 102 cm³/mol. The maximum Gasteiger partial charge on any atom is 0.252 e. The fourth-order valence-electron chi connectivity index (χ4n) is 3.22. The van der Waals surface area contributed by atoms with E-state index in [0.29, 0.717) is 37.8 Å². The van der Waals surface area contributed by atoms with Gasteiger partial charge in [0.05, 0.1) is 17.2 Å². The Morgan fingerprint density at radius 3 is 2.96 bits per heavy atom. The Morgan fingerprint density at radius 1 is 1.46 bits per heavy atom. The third-order valence-electron chi connectivity index (χ3n) is 4.86. The number of para-hydroxylation sites is 1. The second-order valence-corrected chi connectivity index (χ2v) is 7.34. The summed E-state index contributed by atoms with van der Waals surface area (Å²) in [5.41, 5.74) is 2.33. The van der Waals surface area contributed by atoms with Crippen LogP contribution in [0, 0.1) is 0 Å². The minimum absolute atomic E-state index is 0.199. The Labute approximate surface area is 153 Å². The Balaban J connectivity index is 1.84. The highest BCUT2D eigenvalue weighted by Gasteiger charge is 2.26. The largest absolute Gasteiger partial charge is 0.393 e. The van der Waals surface area contributed by atoms with E-state index < -0.39 is 11.8 Å². The van der Waals surface area contributed by atoms with Crippen molar-refractivity contribution in [3.05, 3.63) is 47.7 Å². The molecule has 26 heavy (non-hydrogen) atoms. The molecule has 1 aromatic carbocycles. The zero-order valence-electron chi connectivity index (χ0n) is 15.3. The number of carbonyl (C=O) groups excluding carboxylic acids is 1. The number of fused-ring (bicyclic) bond motifs is 1. The van der Waals surface area contributed by atoms with Crippen LogP contribution in [0.3, 0.4) is 0 Å². The first-order valence-corrected chi connectivity index (χ1v) is 9.09. The molecule has 4 nitrogen and oxygen atoms in total. The SMILES string of the molecule is CC(O)CCNC(=O)c1cnc2c(C3=CCC(C)(F)CC3)cccc2c1. The standard InChI is InChI=1S/C21H25FN2O2/c1-14(25)8-11-23-20(26)17-12-16-4-3-5-18(19(16)24-13-17)15-6-9-21(2,22)10-7-15/h3-6,12-14,25H,7-11H2,1-2H3,(H,23,26). The van der Waals surface area contributed by atoms with E-state index in [1.54, 1.807) is 20.0 Å². The molecule has 2 unspecified atom stereocenters. The van der Waals surface area contributed by atoms with E-state index in [1.807, 2.05) is 30.3 Å². The average Bonchev–Trinajstić information content (AvgIpc) is 2.60. The van der Waals surface area contributed by atoms with Crippen LogP contribution < -0.4 is 5.32 Å². The van der Waals surface area contributed by atoms with Gasteiger partial charge in [0.2, 0.25) is 0 Å². The molecule has 1 aromatic heterocycles. The maximum absolute atomic E-state index is 14.0. The van der Waals surface area contributed by atoms with Gasteiger partial charge in [-0.3, -0.25) is 9.78 Å². The molecule has 1 amide bonds. The van der Waals surface area contributed by atoms with E-state index in [-0.39, 0.29) is 5.91 Å². The van der Waals surface area contributed by atoms with Gasteiger partial charge in [-0.2, -0.15) is 0 Å². The Kier molecular flexibility index (Phi) is 5.37. The number of amides is 1. The van der Waals surface area contributed by atoms with E-state index in [4.69, 9.17) is 0 Å². The van der Waals surface area contributed by atoms with Crippen LogP contribution in [0.25, 0.3) is 16.5 Å². The Bertz CT molecular complexity index is 843. The zero-order chi connectivity index (χ0) is 18.7. The summed E-state index contributed by atoms with van der Waals surface area (Å²) in [6.45, 7) is 3.75. The number of aliphatic hydroxyl groups excluding tert-OH is 1. The molecule has 0 bridgehead atoms. The third kappa shape index (κ3) is 4.28. The topological polar surface area (TPSA) is 62.2 Å². The van der Waals surface area contributed by atoms with E-state index in [9.17, 15) is 14.3 Å². The molecule has 1 aliphatic rings. The highest BCUT2D eigenvalue weighted by atomic mass is 19.1. The van der Waals surface area contributed by atoms with Gasteiger partial charge in [0.25, 0.3) is 5.91 Å². The Morgan fingerprint density at radius 2 is 2.27 bits per heavy atom. The second kappa shape index (κ2) is 7.54. The number of benzene rings is 1. The normalized spacial score (nSPS) is 21.3. The summed E-state index contributed by atoms with van der Waals surface area (Å²) < 4.78 is 14.0. The van der Waals surface area contributed by atoms with Gasteiger partial charge in [-0.05, 0) is 51.2 Å². The summed E-state index contributed by atoms with van der Waals surface area (Å²) in [6, 6.07) is 7.70. The molecule has 2 aromatic rings. The summed E-state index contributed by atoms with van der Waals surface area (Å²) in [5.74, 6) is -0.199. The van der Waals surface area contributed by atoms with Crippen molar-refractivity contribution in [1.29, 1.82) is 0 Å². The number of allylic oxidation sites excluding steroid dienone is 2. The van der Waals surface area contributed by atoms with Crippen LogP contribution >= 0.6 is 0 Å². The van der Waals surface area contributed by atoms with Crippen molar-refractivity contribution in [2.75, 3.05) is 6.54 Å². The quantitative estimate of drug-likeness (QED) is 0.850. The fraction of sp³-hybridized carbons (Fsp3) is 0.429. The van der Waals surface area contributed by atoms with Crippen LogP contribution in [-0.2, 0) is 0 Å². The molecular formula is C21H25FN2O2. The number of nitrogens with one attached hydrogen (secondary N) is 1. The molecule has 0 fully saturated rings. The molecule has 2 N–H and O–H groups in total. The second-order valence-electron chi connectivity index (χ2n) is 7.34. The summed E-state index contributed by atoms with van der Waals surface area (Å²) in [6.07, 6.45) is 5.24. The van der Waals surface area contributed by atoms with Gasteiger partial charge in [0, 0.05) is 23.7 Å². The van der Waals surface area contributed by atoms with Crippen molar-refractivity contribution in [2.45, 2.75) is 51.3 Å². The van der Waals surface area contributed by atoms with Gasteiger partial charge >= 0.3 is 0 Å².